The number of ether oxygens (including phenoxy) is 2. The van der Waals surface area contributed by atoms with Crippen molar-refractivity contribution in [3.8, 4) is 11.5 Å². The summed E-state index contributed by atoms with van der Waals surface area (Å²) in [5.41, 5.74) is 3.24. The first kappa shape index (κ1) is 25.5. The van der Waals surface area contributed by atoms with Crippen LogP contribution in [0.2, 0.25) is 0 Å². The maximum Gasteiger partial charge on any atom is 0.191 e. The standard InChI is InChI=1S/C25H30N4O2.HI/c1-3-26-25(28-16-14-20-10-12-23(30-2)13-11-20)29-18-21-7-6-9-24(17-21)31-19-22-8-4-5-15-27-22;/h4-13,15,17H,3,14,16,18-19H2,1-2H3,(H2,26,28,29);1H. The van der Waals surface area contributed by atoms with Crippen LogP contribution in [-0.2, 0) is 19.6 Å². The molecule has 0 aliphatic heterocycles. The summed E-state index contributed by atoms with van der Waals surface area (Å²) >= 11 is 0. The van der Waals surface area contributed by atoms with E-state index >= 15 is 0 Å². The lowest BCUT2D eigenvalue weighted by Gasteiger charge is -2.12. The van der Waals surface area contributed by atoms with Gasteiger partial charge in [0.25, 0.3) is 0 Å². The molecule has 1 heterocycles. The average Bonchev–Trinajstić information content (AvgIpc) is 2.82. The van der Waals surface area contributed by atoms with Gasteiger partial charge in [0.2, 0.25) is 0 Å². The summed E-state index contributed by atoms with van der Waals surface area (Å²) in [6.07, 6.45) is 2.68. The number of rotatable bonds is 10. The molecule has 1 aromatic heterocycles. The number of nitrogens with zero attached hydrogens (tertiary/aromatic N) is 2. The van der Waals surface area contributed by atoms with E-state index in [-0.39, 0.29) is 24.0 Å². The van der Waals surface area contributed by atoms with Gasteiger partial charge in [-0.2, -0.15) is 0 Å². The van der Waals surface area contributed by atoms with Crippen LogP contribution in [0, 0.1) is 0 Å². The summed E-state index contributed by atoms with van der Waals surface area (Å²) in [7, 11) is 1.68. The van der Waals surface area contributed by atoms with Crippen molar-refractivity contribution in [3.63, 3.8) is 0 Å². The Morgan fingerprint density at radius 3 is 2.50 bits per heavy atom. The summed E-state index contributed by atoms with van der Waals surface area (Å²) in [6, 6.07) is 22.0. The number of hydrogen-bond acceptors (Lipinski definition) is 4. The number of nitrogens with one attached hydrogen (secondary N) is 2. The molecular formula is C25H31IN4O2. The Labute approximate surface area is 207 Å². The van der Waals surface area contributed by atoms with Crippen LogP contribution in [0.3, 0.4) is 0 Å². The molecule has 0 fully saturated rings. The molecule has 7 heteroatoms. The van der Waals surface area contributed by atoms with E-state index in [4.69, 9.17) is 14.5 Å². The number of hydrogen-bond donors (Lipinski definition) is 2. The smallest absolute Gasteiger partial charge is 0.191 e. The topological polar surface area (TPSA) is 67.8 Å². The minimum Gasteiger partial charge on any atom is -0.497 e. The van der Waals surface area contributed by atoms with E-state index in [9.17, 15) is 0 Å². The molecule has 3 rings (SSSR count). The molecule has 0 unspecified atom stereocenters. The van der Waals surface area contributed by atoms with Gasteiger partial charge in [-0.1, -0.05) is 30.3 Å². The van der Waals surface area contributed by atoms with Crippen LogP contribution < -0.4 is 20.1 Å². The van der Waals surface area contributed by atoms with E-state index < -0.39 is 0 Å². The fraction of sp³-hybridized carbons (Fsp3) is 0.280. The normalized spacial score (nSPS) is 10.8. The number of benzene rings is 2. The summed E-state index contributed by atoms with van der Waals surface area (Å²) < 4.78 is 11.1. The molecule has 32 heavy (non-hydrogen) atoms. The number of guanidine groups is 1. The molecule has 2 N–H and O–H groups in total. The fourth-order valence-electron chi connectivity index (χ4n) is 3.00. The molecule has 0 bridgehead atoms. The number of methoxy groups -OCH3 is 1. The molecule has 0 saturated heterocycles. The van der Waals surface area contributed by atoms with Gasteiger partial charge in [0, 0.05) is 19.3 Å². The van der Waals surface area contributed by atoms with Crippen LogP contribution in [0.1, 0.15) is 23.7 Å². The lowest BCUT2D eigenvalue weighted by atomic mass is 10.1. The van der Waals surface area contributed by atoms with Crippen LogP contribution in [0.25, 0.3) is 0 Å². The second-order valence-corrected chi connectivity index (χ2v) is 6.98. The quantitative estimate of drug-likeness (QED) is 0.221. The van der Waals surface area contributed by atoms with Gasteiger partial charge in [-0.05, 0) is 60.9 Å². The molecule has 6 nitrogen and oxygen atoms in total. The molecule has 0 spiro atoms. The maximum atomic E-state index is 5.87. The highest BCUT2D eigenvalue weighted by molar-refractivity contribution is 14.0. The van der Waals surface area contributed by atoms with E-state index in [1.165, 1.54) is 5.56 Å². The Bertz CT molecular complexity index is 950. The number of pyridine rings is 1. The third kappa shape index (κ3) is 8.74. The molecule has 170 valence electrons. The van der Waals surface area contributed by atoms with Crippen molar-refractivity contribution in [1.29, 1.82) is 0 Å². The highest BCUT2D eigenvalue weighted by atomic mass is 127. The second-order valence-electron chi connectivity index (χ2n) is 6.98. The van der Waals surface area contributed by atoms with Gasteiger partial charge < -0.3 is 20.1 Å². The van der Waals surface area contributed by atoms with E-state index in [1.807, 2.05) is 48.5 Å². The highest BCUT2D eigenvalue weighted by Crippen LogP contribution is 2.15. The zero-order chi connectivity index (χ0) is 21.7. The zero-order valence-corrected chi connectivity index (χ0v) is 20.9. The Kier molecular flexibility index (Phi) is 11.4. The van der Waals surface area contributed by atoms with Gasteiger partial charge in [0.15, 0.2) is 5.96 Å². The average molecular weight is 546 g/mol. The summed E-state index contributed by atoms with van der Waals surface area (Å²) in [6.45, 7) is 4.68. The first-order valence-corrected chi connectivity index (χ1v) is 10.5. The molecule has 3 aromatic rings. The van der Waals surface area contributed by atoms with E-state index in [2.05, 4.69) is 40.7 Å². The summed E-state index contributed by atoms with van der Waals surface area (Å²) in [4.78, 5) is 8.99. The predicted octanol–water partition coefficient (Wildman–Crippen LogP) is 4.59. The van der Waals surface area contributed by atoms with Crippen LogP contribution in [0.5, 0.6) is 11.5 Å². The van der Waals surface area contributed by atoms with Gasteiger partial charge in [-0.25, -0.2) is 4.99 Å². The fourth-order valence-corrected chi connectivity index (χ4v) is 3.00. The Morgan fingerprint density at radius 1 is 0.938 bits per heavy atom. The number of aromatic nitrogens is 1. The molecule has 0 saturated carbocycles. The van der Waals surface area contributed by atoms with Crippen molar-refractivity contribution in [3.05, 3.63) is 89.7 Å². The molecule has 0 amide bonds. The van der Waals surface area contributed by atoms with E-state index in [1.54, 1.807) is 13.3 Å². The van der Waals surface area contributed by atoms with Gasteiger partial charge >= 0.3 is 0 Å². The zero-order valence-electron chi connectivity index (χ0n) is 18.6. The summed E-state index contributed by atoms with van der Waals surface area (Å²) in [5.74, 6) is 2.49. The van der Waals surface area contributed by atoms with Crippen molar-refractivity contribution in [2.75, 3.05) is 20.2 Å². The lowest BCUT2D eigenvalue weighted by Crippen LogP contribution is -2.38. The van der Waals surface area contributed by atoms with Crippen molar-refractivity contribution < 1.29 is 9.47 Å². The van der Waals surface area contributed by atoms with Gasteiger partial charge in [-0.3, -0.25) is 4.98 Å². The van der Waals surface area contributed by atoms with Crippen LogP contribution in [-0.4, -0.2) is 31.1 Å². The third-order valence-electron chi connectivity index (χ3n) is 4.64. The predicted molar refractivity (Wildman–Crippen MR) is 140 cm³/mol. The highest BCUT2D eigenvalue weighted by Gasteiger charge is 2.02. The number of aliphatic imine (C=N–C) groups is 1. The first-order valence-electron chi connectivity index (χ1n) is 10.5. The molecular weight excluding hydrogens is 515 g/mol. The minimum atomic E-state index is 0. The van der Waals surface area contributed by atoms with E-state index in [0.29, 0.717) is 13.2 Å². The van der Waals surface area contributed by atoms with Gasteiger partial charge in [0.05, 0.1) is 19.3 Å². The summed E-state index contributed by atoms with van der Waals surface area (Å²) in [5, 5.41) is 6.70. The molecule has 2 aromatic carbocycles. The Hall–Kier alpha value is -2.81. The van der Waals surface area contributed by atoms with Crippen molar-refractivity contribution in [1.82, 2.24) is 15.6 Å². The van der Waals surface area contributed by atoms with Crippen molar-refractivity contribution in [2.24, 2.45) is 4.99 Å². The van der Waals surface area contributed by atoms with Crippen LogP contribution in [0.4, 0.5) is 0 Å². The largest absolute Gasteiger partial charge is 0.497 e. The van der Waals surface area contributed by atoms with Crippen LogP contribution in [0.15, 0.2) is 77.9 Å². The number of halogens is 1. The molecule has 0 atom stereocenters. The van der Waals surface area contributed by atoms with Crippen LogP contribution >= 0.6 is 24.0 Å². The Balaban J connectivity index is 0.00000363. The first-order chi connectivity index (χ1) is 15.3. The third-order valence-corrected chi connectivity index (χ3v) is 4.64. The second kappa shape index (κ2) is 14.3. The molecule has 0 aliphatic carbocycles. The van der Waals surface area contributed by atoms with Crippen molar-refractivity contribution >= 4 is 29.9 Å². The van der Waals surface area contributed by atoms with Gasteiger partial charge in [0.1, 0.15) is 18.1 Å². The minimum absolute atomic E-state index is 0. The monoisotopic (exact) mass is 546 g/mol. The SMILES string of the molecule is CCNC(=NCc1cccc(OCc2ccccn2)c1)NCCc1ccc(OC)cc1.I. The molecule has 0 aliphatic rings. The van der Waals surface area contributed by atoms with Gasteiger partial charge in [-0.15, -0.1) is 24.0 Å². The molecule has 0 radical (unpaired) electrons. The Morgan fingerprint density at radius 2 is 1.78 bits per heavy atom. The maximum absolute atomic E-state index is 5.87. The van der Waals surface area contributed by atoms with Crippen molar-refractivity contribution in [2.45, 2.75) is 26.5 Å². The lowest BCUT2D eigenvalue weighted by molar-refractivity contribution is 0.301. The van der Waals surface area contributed by atoms with E-state index in [0.717, 1.165) is 48.2 Å².